The summed E-state index contributed by atoms with van der Waals surface area (Å²) in [4.78, 5) is 2.44. The Kier molecular flexibility index (Phi) is 11.0. The van der Waals surface area contributed by atoms with Crippen LogP contribution in [0.5, 0.6) is 11.5 Å². The number of anilines is 3. The molecule has 1 aliphatic carbocycles. The third-order valence-electron chi connectivity index (χ3n) is 14.8. The Hall–Kier alpha value is -9.44. The quantitative estimate of drug-likeness (QED) is 0.121. The lowest BCUT2D eigenvalue weighted by Crippen LogP contribution is -2.28. The monoisotopic (exact) mass is 934 g/mol. The second kappa shape index (κ2) is 18.4. The first kappa shape index (κ1) is 43.6. The molecule has 346 valence electrons. The van der Waals surface area contributed by atoms with E-state index in [-0.39, 0.29) is 0 Å². The number of benzene rings is 11. The van der Waals surface area contributed by atoms with E-state index in [0.29, 0.717) is 0 Å². The van der Waals surface area contributed by atoms with Crippen LogP contribution in [0.25, 0.3) is 61.3 Å². The molecule has 12 aromatic rings. The van der Waals surface area contributed by atoms with Gasteiger partial charge in [0.05, 0.1) is 11.1 Å². The van der Waals surface area contributed by atoms with Crippen LogP contribution in [-0.4, -0.2) is 4.57 Å². The summed E-state index contributed by atoms with van der Waals surface area (Å²) in [7, 11) is 0. The number of rotatable bonds is 12. The maximum Gasteiger partial charge on any atom is 0.127 e. The zero-order chi connectivity index (χ0) is 48.7. The minimum atomic E-state index is -0.634. The molecule has 0 fully saturated rings. The van der Waals surface area contributed by atoms with Gasteiger partial charge in [-0.1, -0.05) is 213 Å². The predicted octanol–water partition coefficient (Wildman–Crippen LogP) is 18.4. The van der Waals surface area contributed by atoms with E-state index < -0.39 is 5.41 Å². The maximum atomic E-state index is 6.42. The smallest absolute Gasteiger partial charge is 0.127 e. The summed E-state index contributed by atoms with van der Waals surface area (Å²) < 4.78 is 8.87. The minimum Gasteiger partial charge on any atom is -0.457 e. The van der Waals surface area contributed by atoms with E-state index in [1.165, 1.54) is 60.8 Å². The highest BCUT2D eigenvalue weighted by Gasteiger charge is 2.46. The van der Waals surface area contributed by atoms with E-state index >= 15 is 0 Å². The number of hydrogen-bond donors (Lipinski definition) is 0. The van der Waals surface area contributed by atoms with Gasteiger partial charge in [0.2, 0.25) is 0 Å². The fourth-order valence-corrected chi connectivity index (χ4v) is 11.4. The van der Waals surface area contributed by atoms with E-state index in [9.17, 15) is 0 Å². The largest absolute Gasteiger partial charge is 0.457 e. The fraction of sp³-hybridized carbons (Fsp3) is 0.0286. The van der Waals surface area contributed by atoms with Crippen molar-refractivity contribution in [3.63, 3.8) is 0 Å². The third-order valence-corrected chi connectivity index (χ3v) is 14.8. The molecule has 1 unspecified atom stereocenters. The van der Waals surface area contributed by atoms with Crippen LogP contribution in [0.3, 0.4) is 0 Å². The Balaban J connectivity index is 0.955. The molecule has 1 aliphatic rings. The Morgan fingerprint density at radius 2 is 0.986 bits per heavy atom. The summed E-state index contributed by atoms with van der Waals surface area (Å²) in [5.41, 5.74) is 19.4. The molecule has 11 aromatic carbocycles. The normalized spacial score (nSPS) is 13.6. The molecule has 73 heavy (non-hydrogen) atoms. The average molecular weight is 935 g/mol. The lowest BCUT2D eigenvalue weighted by atomic mass is 9.67. The molecule has 0 N–H and O–H groups in total. The minimum absolute atomic E-state index is 0.634. The second-order valence-corrected chi connectivity index (χ2v) is 18.9. The Morgan fingerprint density at radius 3 is 1.74 bits per heavy atom. The highest BCUT2D eigenvalue weighted by Crippen LogP contribution is 2.58. The summed E-state index contributed by atoms with van der Waals surface area (Å²) >= 11 is 0. The first-order valence-corrected chi connectivity index (χ1v) is 25.0. The zero-order valence-electron chi connectivity index (χ0n) is 40.3. The summed E-state index contributed by atoms with van der Waals surface area (Å²) in [5.74, 6) is 1.56. The van der Waals surface area contributed by atoms with Crippen LogP contribution in [0.1, 0.15) is 33.4 Å². The molecule has 1 aromatic heterocycles. The third kappa shape index (κ3) is 7.62. The number of para-hydroxylation sites is 2. The first-order valence-electron chi connectivity index (χ1n) is 25.0. The van der Waals surface area contributed by atoms with Gasteiger partial charge in [0.1, 0.15) is 11.5 Å². The molecule has 1 atom stereocenters. The van der Waals surface area contributed by atoms with Crippen molar-refractivity contribution in [3.8, 4) is 44.9 Å². The van der Waals surface area contributed by atoms with Crippen LogP contribution in [0, 0.1) is 0 Å². The van der Waals surface area contributed by atoms with Gasteiger partial charge >= 0.3 is 0 Å². The number of hydrogen-bond acceptors (Lipinski definition) is 2. The van der Waals surface area contributed by atoms with Crippen molar-refractivity contribution < 1.29 is 4.74 Å². The Labute approximate surface area is 426 Å². The number of aromatic nitrogens is 1. The Bertz CT molecular complexity index is 3950. The molecule has 0 aliphatic heterocycles. The van der Waals surface area contributed by atoms with Crippen molar-refractivity contribution in [2.75, 3.05) is 4.90 Å². The van der Waals surface area contributed by atoms with Gasteiger partial charge in [0, 0.05) is 45.3 Å². The zero-order valence-corrected chi connectivity index (χ0v) is 40.3. The topological polar surface area (TPSA) is 17.4 Å². The highest BCUT2D eigenvalue weighted by atomic mass is 16.5. The van der Waals surface area contributed by atoms with Crippen LogP contribution in [0.4, 0.5) is 17.1 Å². The van der Waals surface area contributed by atoms with Crippen molar-refractivity contribution in [1.29, 1.82) is 0 Å². The Morgan fingerprint density at radius 1 is 0.411 bits per heavy atom. The number of nitrogens with zero attached hydrogens (tertiary/aromatic N) is 2. The number of ether oxygens (including phenoxy) is 1. The van der Waals surface area contributed by atoms with Gasteiger partial charge in [-0.2, -0.15) is 0 Å². The van der Waals surface area contributed by atoms with E-state index in [1.807, 2.05) is 30.3 Å². The molecule has 3 heteroatoms. The summed E-state index contributed by atoms with van der Waals surface area (Å²) in [5, 5.41) is 2.52. The van der Waals surface area contributed by atoms with Crippen molar-refractivity contribution in [2.24, 2.45) is 0 Å². The lowest BCUT2D eigenvalue weighted by molar-refractivity contribution is 0.482. The molecule has 3 nitrogen and oxygen atoms in total. The second-order valence-electron chi connectivity index (χ2n) is 18.9. The average Bonchev–Trinajstić information content (AvgIpc) is 3.94. The van der Waals surface area contributed by atoms with Crippen LogP contribution < -0.4 is 9.64 Å². The van der Waals surface area contributed by atoms with Gasteiger partial charge in [-0.25, -0.2) is 0 Å². The van der Waals surface area contributed by atoms with Crippen molar-refractivity contribution in [2.45, 2.75) is 12.0 Å². The fourth-order valence-electron chi connectivity index (χ4n) is 11.4. The van der Waals surface area contributed by atoms with Crippen LogP contribution >= 0.6 is 0 Å². The van der Waals surface area contributed by atoms with Crippen molar-refractivity contribution in [1.82, 2.24) is 4.57 Å². The van der Waals surface area contributed by atoms with Crippen molar-refractivity contribution in [3.05, 3.63) is 313 Å². The number of fused-ring (bicyclic) bond motifs is 6. The van der Waals surface area contributed by atoms with Gasteiger partial charge in [0.25, 0.3) is 0 Å². The van der Waals surface area contributed by atoms with E-state index in [2.05, 4.69) is 265 Å². The molecule has 0 amide bonds. The van der Waals surface area contributed by atoms with Gasteiger partial charge < -0.3 is 14.2 Å². The van der Waals surface area contributed by atoms with Gasteiger partial charge in [-0.15, -0.1) is 0 Å². The SMILES string of the molecule is C=Cc1ccc(Oc2ccc(C3(c4ccccc4)c4ccccc4-c4ccc(N(c5ccc(-c6ccc7c(c6)c6ccccc6n7Cc6ccccc6)cc5)c5ccccc5-c5ccccc5)cc43)cc2)cc1. The van der Waals surface area contributed by atoms with Gasteiger partial charge in [-0.05, 0) is 134 Å². The molecule has 13 rings (SSSR count). The van der Waals surface area contributed by atoms with Crippen molar-refractivity contribution >= 4 is 44.9 Å². The molecule has 0 bridgehead atoms. The van der Waals surface area contributed by atoms with Crippen LogP contribution in [0.2, 0.25) is 0 Å². The summed E-state index contributed by atoms with van der Waals surface area (Å²) in [6, 6.07) is 98.9. The van der Waals surface area contributed by atoms with E-state index in [0.717, 1.165) is 62.9 Å². The van der Waals surface area contributed by atoms with Crippen LogP contribution in [-0.2, 0) is 12.0 Å². The summed E-state index contributed by atoms with van der Waals surface area (Å²) in [6.45, 7) is 4.72. The summed E-state index contributed by atoms with van der Waals surface area (Å²) in [6.07, 6.45) is 1.84. The molecule has 0 spiro atoms. The molecular formula is C70H50N2O. The molecule has 1 heterocycles. The maximum absolute atomic E-state index is 6.42. The first-order chi connectivity index (χ1) is 36.1. The van der Waals surface area contributed by atoms with Crippen LogP contribution in [0.15, 0.2) is 280 Å². The highest BCUT2D eigenvalue weighted by molar-refractivity contribution is 6.09. The molecular weight excluding hydrogens is 885 g/mol. The lowest BCUT2D eigenvalue weighted by Gasteiger charge is -2.35. The van der Waals surface area contributed by atoms with Gasteiger partial charge in [0.15, 0.2) is 0 Å². The standard InChI is InChI=1S/C70H50N2O/c1-2-49-30-40-58(41-31-49)73-59-42-35-55(36-43-59)70(54-22-10-5-11-23-54)65-27-15-12-25-61(65)62-44-39-57(47-66(62)70)72(69-29-17-13-24-60(69)52-20-8-4-9-21-52)56-37-32-51(33-38-56)53-34-45-68-64(46-53)63-26-14-16-28-67(63)71(68)48-50-18-6-3-7-19-50/h2-47H,1,48H2. The van der Waals surface area contributed by atoms with Gasteiger partial charge in [-0.3, -0.25) is 0 Å². The molecule has 0 saturated heterocycles. The predicted molar refractivity (Wildman–Crippen MR) is 304 cm³/mol. The molecule has 0 radical (unpaired) electrons. The van der Waals surface area contributed by atoms with E-state index in [1.54, 1.807) is 0 Å². The molecule has 0 saturated carbocycles. The van der Waals surface area contributed by atoms with E-state index in [4.69, 9.17) is 4.74 Å².